The summed E-state index contributed by atoms with van der Waals surface area (Å²) in [6.45, 7) is 0.315. The molecular weight excluding hydrogens is 306 g/mol. The summed E-state index contributed by atoms with van der Waals surface area (Å²) in [5, 5.41) is 2.98. The molecule has 0 N–H and O–H groups in total. The molecule has 3 heteroatoms. The molecule has 4 rings (SSSR count). The number of carbonyl (C=O) groups excluding carboxylic acids is 1. The van der Waals surface area contributed by atoms with Crippen molar-refractivity contribution in [1.29, 1.82) is 0 Å². The van der Waals surface area contributed by atoms with Crippen LogP contribution < -0.4 is 0 Å². The second kappa shape index (κ2) is 5.56. The zero-order valence-electron chi connectivity index (χ0n) is 12.4. The molecule has 3 aromatic carbocycles. The molecule has 0 aliphatic carbocycles. The van der Waals surface area contributed by atoms with Crippen LogP contribution in [0.1, 0.15) is 10.4 Å². The van der Waals surface area contributed by atoms with Gasteiger partial charge in [0.2, 0.25) is 0 Å². The van der Waals surface area contributed by atoms with E-state index in [4.69, 9.17) is 11.6 Å². The van der Waals surface area contributed by atoms with Gasteiger partial charge in [0.25, 0.3) is 0 Å². The molecule has 0 aliphatic rings. The third kappa shape index (κ3) is 2.41. The average molecular weight is 320 g/mol. The third-order valence-electron chi connectivity index (χ3n) is 4.15. The van der Waals surface area contributed by atoms with Crippen LogP contribution in [0.5, 0.6) is 0 Å². The van der Waals surface area contributed by atoms with Gasteiger partial charge in [0.05, 0.1) is 6.54 Å². The normalized spacial score (nSPS) is 11.2. The Morgan fingerprint density at radius 2 is 1.30 bits per heavy atom. The zero-order valence-corrected chi connectivity index (χ0v) is 13.1. The molecule has 1 aromatic heterocycles. The number of rotatable bonds is 3. The third-order valence-corrected chi connectivity index (χ3v) is 4.40. The van der Waals surface area contributed by atoms with Crippen LogP contribution in [-0.4, -0.2) is 10.4 Å². The summed E-state index contributed by atoms with van der Waals surface area (Å²) in [6.07, 6.45) is 0. The maximum atomic E-state index is 12.6. The molecule has 0 unspecified atom stereocenters. The lowest BCUT2D eigenvalue weighted by Gasteiger charge is -2.07. The van der Waals surface area contributed by atoms with E-state index < -0.39 is 0 Å². The molecule has 4 aromatic rings. The van der Waals surface area contributed by atoms with Crippen LogP contribution in [0.2, 0.25) is 5.02 Å². The van der Waals surface area contributed by atoms with Crippen LogP contribution >= 0.6 is 11.6 Å². The second-order valence-corrected chi connectivity index (χ2v) is 5.99. The first-order chi connectivity index (χ1) is 11.2. The van der Waals surface area contributed by atoms with Gasteiger partial charge >= 0.3 is 0 Å². The number of ketones is 1. The van der Waals surface area contributed by atoms with Crippen molar-refractivity contribution in [3.8, 4) is 0 Å². The van der Waals surface area contributed by atoms with Crippen molar-refractivity contribution in [2.45, 2.75) is 6.54 Å². The van der Waals surface area contributed by atoms with Crippen molar-refractivity contribution in [2.24, 2.45) is 0 Å². The fraction of sp³-hybridized carbons (Fsp3) is 0.0500. The predicted octanol–water partition coefficient (Wildman–Crippen LogP) is 5.33. The van der Waals surface area contributed by atoms with E-state index in [-0.39, 0.29) is 5.78 Å². The summed E-state index contributed by atoms with van der Waals surface area (Å²) in [6, 6.07) is 23.4. The van der Waals surface area contributed by atoms with Crippen LogP contribution in [0.4, 0.5) is 0 Å². The van der Waals surface area contributed by atoms with Crippen LogP contribution in [-0.2, 0) is 6.54 Å². The topological polar surface area (TPSA) is 22.0 Å². The summed E-state index contributed by atoms with van der Waals surface area (Å²) in [5.74, 6) is 0.0770. The van der Waals surface area contributed by atoms with Crippen molar-refractivity contribution in [3.63, 3.8) is 0 Å². The number of Topliss-reactive ketones (excluding diaryl/α,β-unsaturated/α-hetero) is 1. The Kier molecular flexibility index (Phi) is 3.40. The highest BCUT2D eigenvalue weighted by Gasteiger charge is 2.13. The van der Waals surface area contributed by atoms with Crippen molar-refractivity contribution in [3.05, 3.63) is 83.4 Å². The van der Waals surface area contributed by atoms with Gasteiger partial charge in [0.1, 0.15) is 0 Å². The number of benzene rings is 3. The van der Waals surface area contributed by atoms with Crippen LogP contribution in [0.3, 0.4) is 0 Å². The Morgan fingerprint density at radius 1 is 0.783 bits per heavy atom. The van der Waals surface area contributed by atoms with Gasteiger partial charge in [0.15, 0.2) is 5.78 Å². The fourth-order valence-electron chi connectivity index (χ4n) is 3.04. The molecule has 0 saturated heterocycles. The van der Waals surface area contributed by atoms with Gasteiger partial charge < -0.3 is 4.57 Å². The standard InChI is InChI=1S/C20H14ClNO/c21-15-11-9-14(10-12-15)20(23)13-22-18-7-3-1-5-16(18)17-6-2-4-8-19(17)22/h1-12H,13H2. The van der Waals surface area contributed by atoms with Crippen molar-refractivity contribution < 1.29 is 4.79 Å². The molecule has 0 bridgehead atoms. The molecular formula is C20H14ClNO. The van der Waals surface area contributed by atoms with Crippen molar-refractivity contribution in [2.75, 3.05) is 0 Å². The van der Waals surface area contributed by atoms with Gasteiger partial charge in [-0.2, -0.15) is 0 Å². The summed E-state index contributed by atoms with van der Waals surface area (Å²) in [7, 11) is 0. The molecule has 0 fully saturated rings. The first-order valence-corrected chi connectivity index (χ1v) is 7.86. The lowest BCUT2D eigenvalue weighted by atomic mass is 10.1. The maximum Gasteiger partial charge on any atom is 0.182 e. The molecule has 0 radical (unpaired) electrons. The number of para-hydroxylation sites is 2. The summed E-state index contributed by atoms with van der Waals surface area (Å²) in [4.78, 5) is 12.6. The van der Waals surface area contributed by atoms with E-state index in [9.17, 15) is 4.79 Å². The van der Waals surface area contributed by atoms with E-state index in [0.717, 1.165) is 11.0 Å². The number of aromatic nitrogens is 1. The Balaban J connectivity index is 1.84. The van der Waals surface area contributed by atoms with Gasteiger partial charge in [-0.3, -0.25) is 4.79 Å². The largest absolute Gasteiger partial charge is 0.333 e. The van der Waals surface area contributed by atoms with Crippen molar-refractivity contribution >= 4 is 39.2 Å². The highest BCUT2D eigenvalue weighted by Crippen LogP contribution is 2.28. The molecule has 0 atom stereocenters. The van der Waals surface area contributed by atoms with Gasteiger partial charge in [-0.05, 0) is 36.4 Å². The Hall–Kier alpha value is -2.58. The molecule has 0 spiro atoms. The van der Waals surface area contributed by atoms with Crippen molar-refractivity contribution in [1.82, 2.24) is 4.57 Å². The highest BCUT2D eigenvalue weighted by atomic mass is 35.5. The Morgan fingerprint density at radius 3 is 1.87 bits per heavy atom. The Bertz CT molecular complexity index is 962. The predicted molar refractivity (Wildman–Crippen MR) is 95.2 cm³/mol. The minimum atomic E-state index is 0.0770. The van der Waals surface area contributed by atoms with Gasteiger partial charge in [-0.25, -0.2) is 0 Å². The minimum Gasteiger partial charge on any atom is -0.333 e. The van der Waals surface area contributed by atoms with Crippen LogP contribution in [0.15, 0.2) is 72.8 Å². The molecule has 2 nitrogen and oxygen atoms in total. The van der Waals surface area contributed by atoms with E-state index in [1.54, 1.807) is 24.3 Å². The number of hydrogen-bond acceptors (Lipinski definition) is 1. The number of fused-ring (bicyclic) bond motifs is 3. The van der Waals surface area contributed by atoms with E-state index in [1.807, 2.05) is 24.3 Å². The van der Waals surface area contributed by atoms with Crippen LogP contribution in [0.25, 0.3) is 21.8 Å². The summed E-state index contributed by atoms with van der Waals surface area (Å²) >= 11 is 5.90. The molecule has 0 saturated carbocycles. The smallest absolute Gasteiger partial charge is 0.182 e. The maximum absolute atomic E-state index is 12.6. The van der Waals surface area contributed by atoms with E-state index in [1.165, 1.54) is 10.8 Å². The minimum absolute atomic E-state index is 0.0770. The molecule has 112 valence electrons. The summed E-state index contributed by atoms with van der Waals surface area (Å²) < 4.78 is 2.08. The van der Waals surface area contributed by atoms with Gasteiger partial charge in [-0.15, -0.1) is 0 Å². The van der Waals surface area contributed by atoms with E-state index in [0.29, 0.717) is 17.1 Å². The second-order valence-electron chi connectivity index (χ2n) is 5.55. The number of carbonyl (C=O) groups is 1. The number of nitrogens with zero attached hydrogens (tertiary/aromatic N) is 1. The first kappa shape index (κ1) is 14.0. The zero-order chi connectivity index (χ0) is 15.8. The van der Waals surface area contributed by atoms with E-state index in [2.05, 4.69) is 28.8 Å². The number of hydrogen-bond donors (Lipinski definition) is 0. The SMILES string of the molecule is O=C(Cn1c2ccccc2c2ccccc21)c1ccc(Cl)cc1. The quantitative estimate of drug-likeness (QED) is 0.468. The van der Waals surface area contributed by atoms with Crippen LogP contribution in [0, 0.1) is 0 Å². The molecule has 1 heterocycles. The summed E-state index contributed by atoms with van der Waals surface area (Å²) in [5.41, 5.74) is 2.84. The Labute approximate surface area is 138 Å². The monoisotopic (exact) mass is 319 g/mol. The lowest BCUT2D eigenvalue weighted by molar-refractivity contribution is 0.0975. The van der Waals surface area contributed by atoms with Gasteiger partial charge in [-0.1, -0.05) is 48.0 Å². The number of halogens is 1. The first-order valence-electron chi connectivity index (χ1n) is 7.49. The molecule has 0 aliphatic heterocycles. The molecule has 0 amide bonds. The lowest BCUT2D eigenvalue weighted by Crippen LogP contribution is -2.10. The van der Waals surface area contributed by atoms with Gasteiger partial charge in [0, 0.05) is 32.4 Å². The van der Waals surface area contributed by atoms with E-state index >= 15 is 0 Å². The highest BCUT2D eigenvalue weighted by molar-refractivity contribution is 6.30. The molecule has 23 heavy (non-hydrogen) atoms. The average Bonchev–Trinajstić information content (AvgIpc) is 2.90. The fourth-order valence-corrected chi connectivity index (χ4v) is 3.17.